The highest BCUT2D eigenvalue weighted by atomic mass is 16.5. The van der Waals surface area contributed by atoms with Crippen molar-refractivity contribution in [3.8, 4) is 11.7 Å². The Hall–Kier alpha value is -2.37. The van der Waals surface area contributed by atoms with Gasteiger partial charge in [-0.1, -0.05) is 25.1 Å². The molecule has 0 spiro atoms. The fourth-order valence-corrected chi connectivity index (χ4v) is 1.61. The summed E-state index contributed by atoms with van der Waals surface area (Å²) < 4.78 is 7.02. The number of hydrogen-bond acceptors (Lipinski definition) is 4. The molecule has 0 aliphatic rings. The van der Waals surface area contributed by atoms with E-state index in [1.165, 1.54) is 0 Å². The van der Waals surface area contributed by atoms with Crippen molar-refractivity contribution in [2.75, 3.05) is 6.54 Å². The van der Waals surface area contributed by atoms with Crippen LogP contribution in [0.4, 0.5) is 0 Å². The zero-order valence-electron chi connectivity index (χ0n) is 11.6. The third-order valence-corrected chi connectivity index (χ3v) is 2.69. The lowest BCUT2D eigenvalue weighted by Gasteiger charge is -2.11. The van der Waals surface area contributed by atoms with Gasteiger partial charge >= 0.3 is 6.01 Å². The summed E-state index contributed by atoms with van der Waals surface area (Å²) in [5, 5.41) is 6.95. The quantitative estimate of drug-likeness (QED) is 0.868. The van der Waals surface area contributed by atoms with Gasteiger partial charge in [-0.25, -0.2) is 4.68 Å². The zero-order chi connectivity index (χ0) is 14.4. The molecule has 0 saturated heterocycles. The Bertz CT molecular complexity index is 553. The molecule has 6 heteroatoms. The van der Waals surface area contributed by atoms with E-state index in [2.05, 4.69) is 15.4 Å². The van der Waals surface area contributed by atoms with Crippen molar-refractivity contribution < 1.29 is 9.53 Å². The Balaban J connectivity index is 1.98. The summed E-state index contributed by atoms with van der Waals surface area (Å²) in [7, 11) is 0. The molecule has 2 rings (SSSR count). The van der Waals surface area contributed by atoms with Gasteiger partial charge in [-0.2, -0.15) is 4.98 Å². The molecule has 20 heavy (non-hydrogen) atoms. The van der Waals surface area contributed by atoms with Crippen LogP contribution >= 0.6 is 0 Å². The second-order valence-electron chi connectivity index (χ2n) is 4.36. The van der Waals surface area contributed by atoms with E-state index in [4.69, 9.17) is 4.74 Å². The minimum Gasteiger partial charge on any atom is -0.449 e. The van der Waals surface area contributed by atoms with Crippen molar-refractivity contribution in [2.24, 2.45) is 0 Å². The van der Waals surface area contributed by atoms with E-state index < -0.39 is 6.10 Å². The van der Waals surface area contributed by atoms with Crippen LogP contribution in [0.15, 0.2) is 36.7 Å². The molecule has 106 valence electrons. The lowest BCUT2D eigenvalue weighted by atomic mass is 10.3. The monoisotopic (exact) mass is 274 g/mol. The topological polar surface area (TPSA) is 69.0 Å². The molecule has 1 aromatic heterocycles. The zero-order valence-corrected chi connectivity index (χ0v) is 11.6. The first-order valence-electron chi connectivity index (χ1n) is 6.62. The molecule has 0 bridgehead atoms. The third kappa shape index (κ3) is 3.57. The fraction of sp³-hybridized carbons (Fsp3) is 0.357. The summed E-state index contributed by atoms with van der Waals surface area (Å²) in [5.74, 6) is -0.164. The first kappa shape index (κ1) is 14.0. The van der Waals surface area contributed by atoms with E-state index in [9.17, 15) is 4.79 Å². The van der Waals surface area contributed by atoms with Crippen molar-refractivity contribution in [1.82, 2.24) is 20.1 Å². The number of ether oxygens (including phenoxy) is 1. The minimum atomic E-state index is -0.617. The van der Waals surface area contributed by atoms with Gasteiger partial charge in [0.05, 0.1) is 5.69 Å². The molecule has 1 unspecified atom stereocenters. The van der Waals surface area contributed by atoms with Crippen LogP contribution in [0.2, 0.25) is 0 Å². The summed E-state index contributed by atoms with van der Waals surface area (Å²) >= 11 is 0. The second kappa shape index (κ2) is 6.70. The Labute approximate surface area is 117 Å². The fourth-order valence-electron chi connectivity index (χ4n) is 1.61. The largest absolute Gasteiger partial charge is 0.449 e. The van der Waals surface area contributed by atoms with Crippen molar-refractivity contribution >= 4 is 5.91 Å². The van der Waals surface area contributed by atoms with Crippen molar-refractivity contribution in [3.05, 3.63) is 36.7 Å². The van der Waals surface area contributed by atoms with Gasteiger partial charge in [0.15, 0.2) is 6.10 Å². The lowest BCUT2D eigenvalue weighted by Crippen LogP contribution is -2.36. The molecular formula is C14H18N4O2. The molecular weight excluding hydrogens is 256 g/mol. The smallest absolute Gasteiger partial charge is 0.336 e. The van der Waals surface area contributed by atoms with Crippen LogP contribution < -0.4 is 10.1 Å². The van der Waals surface area contributed by atoms with E-state index >= 15 is 0 Å². The summed E-state index contributed by atoms with van der Waals surface area (Å²) in [6.07, 6.45) is 1.83. The molecule has 1 amide bonds. The predicted molar refractivity (Wildman–Crippen MR) is 74.7 cm³/mol. The van der Waals surface area contributed by atoms with Crippen molar-refractivity contribution in [1.29, 1.82) is 0 Å². The van der Waals surface area contributed by atoms with Crippen LogP contribution in [0.25, 0.3) is 5.69 Å². The highest BCUT2D eigenvalue weighted by molar-refractivity contribution is 5.80. The van der Waals surface area contributed by atoms with Gasteiger partial charge in [-0.3, -0.25) is 4.79 Å². The van der Waals surface area contributed by atoms with Crippen molar-refractivity contribution in [2.45, 2.75) is 26.4 Å². The standard InChI is InChI=1S/C14H18N4O2/c1-3-9-15-13(19)11(2)20-14-16-10-18(17-14)12-7-5-4-6-8-12/h4-8,10-11H,3,9H2,1-2H3,(H,15,19). The summed E-state index contributed by atoms with van der Waals surface area (Å²) in [6, 6.07) is 9.77. The van der Waals surface area contributed by atoms with Gasteiger partial charge in [0.1, 0.15) is 6.33 Å². The molecule has 6 nitrogen and oxygen atoms in total. The molecule has 1 aromatic carbocycles. The van der Waals surface area contributed by atoms with Gasteiger partial charge in [0.25, 0.3) is 5.91 Å². The number of para-hydroxylation sites is 1. The maximum Gasteiger partial charge on any atom is 0.336 e. The van der Waals surface area contributed by atoms with E-state index in [1.54, 1.807) is 17.9 Å². The van der Waals surface area contributed by atoms with Crippen LogP contribution in [0, 0.1) is 0 Å². The summed E-state index contributed by atoms with van der Waals surface area (Å²) in [5.41, 5.74) is 0.887. The van der Waals surface area contributed by atoms with E-state index in [-0.39, 0.29) is 11.9 Å². The average Bonchev–Trinajstić information content (AvgIpc) is 2.94. The molecule has 2 aromatic rings. The maximum atomic E-state index is 11.7. The van der Waals surface area contributed by atoms with Gasteiger partial charge in [-0.05, 0) is 25.5 Å². The molecule has 0 radical (unpaired) electrons. The molecule has 1 atom stereocenters. The Morgan fingerprint density at radius 3 is 2.85 bits per heavy atom. The number of aromatic nitrogens is 3. The number of carbonyl (C=O) groups is 1. The molecule has 0 fully saturated rings. The highest BCUT2D eigenvalue weighted by Crippen LogP contribution is 2.09. The number of benzene rings is 1. The number of nitrogens with zero attached hydrogens (tertiary/aromatic N) is 3. The van der Waals surface area contributed by atoms with Gasteiger partial charge in [-0.15, -0.1) is 5.10 Å². The Morgan fingerprint density at radius 2 is 2.15 bits per heavy atom. The number of amides is 1. The minimum absolute atomic E-state index is 0.164. The van der Waals surface area contributed by atoms with Gasteiger partial charge in [0.2, 0.25) is 0 Å². The summed E-state index contributed by atoms with van der Waals surface area (Å²) in [4.78, 5) is 15.7. The molecule has 1 heterocycles. The van der Waals surface area contributed by atoms with Gasteiger partial charge < -0.3 is 10.1 Å². The van der Waals surface area contributed by atoms with Crippen LogP contribution in [0.3, 0.4) is 0 Å². The average molecular weight is 274 g/mol. The number of carbonyl (C=O) groups excluding carboxylic acids is 1. The van der Waals surface area contributed by atoms with E-state index in [0.29, 0.717) is 6.54 Å². The van der Waals surface area contributed by atoms with Gasteiger partial charge in [0, 0.05) is 6.54 Å². The predicted octanol–water partition coefficient (Wildman–Crippen LogP) is 1.56. The highest BCUT2D eigenvalue weighted by Gasteiger charge is 2.16. The third-order valence-electron chi connectivity index (χ3n) is 2.69. The maximum absolute atomic E-state index is 11.7. The normalized spacial score (nSPS) is 11.9. The van der Waals surface area contributed by atoms with E-state index in [1.807, 2.05) is 37.3 Å². The first-order chi connectivity index (χ1) is 9.70. The molecule has 0 aliphatic carbocycles. The number of hydrogen-bond donors (Lipinski definition) is 1. The SMILES string of the molecule is CCCNC(=O)C(C)Oc1ncn(-c2ccccc2)n1. The molecule has 0 saturated carbocycles. The van der Waals surface area contributed by atoms with Crippen LogP contribution in [0.5, 0.6) is 6.01 Å². The van der Waals surface area contributed by atoms with Crippen LogP contribution in [-0.2, 0) is 4.79 Å². The lowest BCUT2D eigenvalue weighted by molar-refractivity contribution is -0.127. The van der Waals surface area contributed by atoms with E-state index in [0.717, 1.165) is 12.1 Å². The van der Waals surface area contributed by atoms with Crippen LogP contribution in [0.1, 0.15) is 20.3 Å². The summed E-state index contributed by atoms with van der Waals surface area (Å²) in [6.45, 7) is 4.31. The molecule has 1 N–H and O–H groups in total. The first-order valence-corrected chi connectivity index (χ1v) is 6.62. The Kier molecular flexibility index (Phi) is 4.70. The van der Waals surface area contributed by atoms with Crippen LogP contribution in [-0.4, -0.2) is 33.3 Å². The molecule has 0 aliphatic heterocycles. The van der Waals surface area contributed by atoms with Crippen molar-refractivity contribution in [3.63, 3.8) is 0 Å². The Morgan fingerprint density at radius 1 is 1.40 bits per heavy atom. The number of nitrogens with one attached hydrogen (secondary N) is 1. The second-order valence-corrected chi connectivity index (χ2v) is 4.36. The number of rotatable bonds is 6.